The molecule has 0 amide bonds. The van der Waals surface area contributed by atoms with Gasteiger partial charge in [0.1, 0.15) is 11.8 Å². The summed E-state index contributed by atoms with van der Waals surface area (Å²) < 4.78 is 7.28. The van der Waals surface area contributed by atoms with Gasteiger partial charge >= 0.3 is 0 Å². The number of benzene rings is 1. The number of ether oxygens (including phenoxy) is 1. The Morgan fingerprint density at radius 1 is 0.929 bits per heavy atom. The van der Waals surface area contributed by atoms with Crippen LogP contribution in [-0.2, 0) is 4.74 Å². The molecule has 5 rings (SSSR count). The van der Waals surface area contributed by atoms with E-state index in [1.165, 1.54) is 5.69 Å². The van der Waals surface area contributed by atoms with Crippen LogP contribution in [-0.4, -0.2) is 45.9 Å². The van der Waals surface area contributed by atoms with E-state index in [9.17, 15) is 0 Å². The second-order valence-corrected chi connectivity index (χ2v) is 6.67. The number of hydrogen-bond donors (Lipinski definition) is 1. The summed E-state index contributed by atoms with van der Waals surface area (Å²) in [4.78, 5) is 10.8. The topological polar surface area (TPSA) is 67.6 Å². The third-order valence-electron chi connectivity index (χ3n) is 4.93. The molecule has 0 aliphatic carbocycles. The second-order valence-electron chi connectivity index (χ2n) is 6.67. The lowest BCUT2D eigenvalue weighted by molar-refractivity contribution is 0.122. The Hall–Kier alpha value is -3.45. The number of pyridine rings is 1. The summed E-state index contributed by atoms with van der Waals surface area (Å²) in [7, 11) is 0. The molecular weight excluding hydrogens is 352 g/mol. The van der Waals surface area contributed by atoms with Crippen LogP contribution in [0.3, 0.4) is 0 Å². The van der Waals surface area contributed by atoms with Crippen LogP contribution < -0.4 is 10.2 Å². The molecule has 4 heterocycles. The fourth-order valence-electron chi connectivity index (χ4n) is 3.44. The monoisotopic (exact) mass is 372 g/mol. The van der Waals surface area contributed by atoms with E-state index in [-0.39, 0.29) is 0 Å². The zero-order valence-electron chi connectivity index (χ0n) is 15.3. The van der Waals surface area contributed by atoms with Crippen LogP contribution in [0.5, 0.6) is 0 Å². The third kappa shape index (κ3) is 3.27. The van der Waals surface area contributed by atoms with Gasteiger partial charge in [0.2, 0.25) is 0 Å². The molecule has 1 aliphatic rings. The average molecular weight is 372 g/mol. The molecule has 7 nitrogen and oxygen atoms in total. The quantitative estimate of drug-likeness (QED) is 0.592. The lowest BCUT2D eigenvalue weighted by Crippen LogP contribution is -2.36. The summed E-state index contributed by atoms with van der Waals surface area (Å²) in [5.74, 6) is 0.761. The number of anilines is 3. The fraction of sp³-hybridized carbons (Fsp3) is 0.190. The lowest BCUT2D eigenvalue weighted by atomic mass is 10.1. The molecule has 1 aliphatic heterocycles. The predicted molar refractivity (Wildman–Crippen MR) is 109 cm³/mol. The Labute approximate surface area is 162 Å². The van der Waals surface area contributed by atoms with Crippen LogP contribution in [0, 0.1) is 0 Å². The molecule has 0 saturated carbocycles. The molecule has 0 radical (unpaired) electrons. The van der Waals surface area contributed by atoms with Gasteiger partial charge in [-0.2, -0.15) is 5.10 Å². The molecule has 0 atom stereocenters. The van der Waals surface area contributed by atoms with Crippen LogP contribution in [0.2, 0.25) is 0 Å². The summed E-state index contributed by atoms with van der Waals surface area (Å²) in [6, 6.07) is 14.6. The van der Waals surface area contributed by atoms with Gasteiger partial charge in [-0.15, -0.1) is 0 Å². The van der Waals surface area contributed by atoms with Crippen LogP contribution in [0.4, 0.5) is 17.2 Å². The number of hydrogen-bond acceptors (Lipinski definition) is 6. The smallest absolute Gasteiger partial charge is 0.158 e. The number of morpholine rings is 1. The summed E-state index contributed by atoms with van der Waals surface area (Å²) in [5.41, 5.74) is 5.35. The third-order valence-corrected chi connectivity index (χ3v) is 4.93. The molecule has 1 aromatic carbocycles. The number of rotatable bonds is 4. The number of aromatic nitrogens is 4. The van der Waals surface area contributed by atoms with E-state index in [0.717, 1.165) is 54.5 Å². The maximum Gasteiger partial charge on any atom is 0.158 e. The number of fused-ring (bicyclic) bond motifs is 1. The SMILES string of the molecule is c1cc(Nc2ncnn3cc(-c4ccc(N5CCOCC5)cc4)cc23)ccn1. The first-order valence-corrected chi connectivity index (χ1v) is 9.30. The van der Waals surface area contributed by atoms with Crippen LogP contribution in [0.15, 0.2) is 67.4 Å². The van der Waals surface area contributed by atoms with Crippen LogP contribution in [0.1, 0.15) is 0 Å². The Kier molecular flexibility index (Phi) is 4.34. The molecule has 0 spiro atoms. The van der Waals surface area contributed by atoms with Crippen molar-refractivity contribution in [2.75, 3.05) is 36.5 Å². The lowest BCUT2D eigenvalue weighted by Gasteiger charge is -2.28. The van der Waals surface area contributed by atoms with Gasteiger partial charge < -0.3 is 15.0 Å². The van der Waals surface area contributed by atoms with Gasteiger partial charge in [0, 0.05) is 48.6 Å². The normalized spacial score (nSPS) is 14.4. The zero-order valence-corrected chi connectivity index (χ0v) is 15.3. The van der Waals surface area contributed by atoms with Gasteiger partial charge in [-0.25, -0.2) is 9.50 Å². The molecule has 140 valence electrons. The molecule has 1 N–H and O–H groups in total. The second kappa shape index (κ2) is 7.28. The molecule has 1 saturated heterocycles. The minimum absolute atomic E-state index is 0.761. The molecule has 1 fully saturated rings. The minimum atomic E-state index is 0.761. The molecule has 3 aromatic heterocycles. The highest BCUT2D eigenvalue weighted by Crippen LogP contribution is 2.28. The van der Waals surface area contributed by atoms with Crippen LogP contribution in [0.25, 0.3) is 16.6 Å². The van der Waals surface area contributed by atoms with Gasteiger partial charge in [-0.3, -0.25) is 4.98 Å². The van der Waals surface area contributed by atoms with Crippen molar-refractivity contribution < 1.29 is 4.74 Å². The summed E-state index contributed by atoms with van der Waals surface area (Å²) in [6.45, 7) is 3.46. The van der Waals surface area contributed by atoms with E-state index in [2.05, 4.69) is 55.6 Å². The van der Waals surface area contributed by atoms with E-state index in [4.69, 9.17) is 4.74 Å². The van der Waals surface area contributed by atoms with Crippen molar-refractivity contribution in [3.8, 4) is 11.1 Å². The predicted octanol–water partition coefficient (Wildman–Crippen LogP) is 3.37. The molecule has 0 bridgehead atoms. The summed E-state index contributed by atoms with van der Waals surface area (Å²) in [5, 5.41) is 7.69. The van der Waals surface area contributed by atoms with Crippen molar-refractivity contribution in [2.45, 2.75) is 0 Å². The molecule has 0 unspecified atom stereocenters. The highest BCUT2D eigenvalue weighted by molar-refractivity contribution is 5.79. The number of nitrogens with one attached hydrogen (secondary N) is 1. The Morgan fingerprint density at radius 3 is 2.50 bits per heavy atom. The van der Waals surface area contributed by atoms with E-state index in [1.54, 1.807) is 18.7 Å². The van der Waals surface area contributed by atoms with E-state index in [0.29, 0.717) is 0 Å². The van der Waals surface area contributed by atoms with Crippen molar-refractivity contribution in [1.29, 1.82) is 0 Å². The van der Waals surface area contributed by atoms with Crippen LogP contribution >= 0.6 is 0 Å². The zero-order chi connectivity index (χ0) is 18.8. The van der Waals surface area contributed by atoms with E-state index >= 15 is 0 Å². The average Bonchev–Trinajstić information content (AvgIpc) is 3.21. The van der Waals surface area contributed by atoms with Crippen molar-refractivity contribution in [3.63, 3.8) is 0 Å². The largest absolute Gasteiger partial charge is 0.378 e. The fourth-order valence-corrected chi connectivity index (χ4v) is 3.44. The first-order valence-electron chi connectivity index (χ1n) is 9.30. The maximum absolute atomic E-state index is 5.44. The Bertz CT molecular complexity index is 1070. The van der Waals surface area contributed by atoms with Gasteiger partial charge in [-0.1, -0.05) is 12.1 Å². The van der Waals surface area contributed by atoms with Gasteiger partial charge in [0.25, 0.3) is 0 Å². The van der Waals surface area contributed by atoms with Gasteiger partial charge in [-0.05, 0) is 35.9 Å². The van der Waals surface area contributed by atoms with E-state index in [1.807, 2.05) is 22.8 Å². The van der Waals surface area contributed by atoms with Crippen molar-refractivity contribution in [3.05, 3.63) is 67.4 Å². The molecule has 4 aromatic rings. The highest BCUT2D eigenvalue weighted by Gasteiger charge is 2.12. The molecule has 7 heteroatoms. The van der Waals surface area contributed by atoms with Crippen molar-refractivity contribution in [2.24, 2.45) is 0 Å². The molecule has 28 heavy (non-hydrogen) atoms. The highest BCUT2D eigenvalue weighted by atomic mass is 16.5. The van der Waals surface area contributed by atoms with Crippen molar-refractivity contribution >= 4 is 22.7 Å². The van der Waals surface area contributed by atoms with E-state index < -0.39 is 0 Å². The number of nitrogens with zero attached hydrogens (tertiary/aromatic N) is 5. The molecular formula is C21H20N6O. The summed E-state index contributed by atoms with van der Waals surface area (Å²) >= 11 is 0. The summed E-state index contributed by atoms with van der Waals surface area (Å²) in [6.07, 6.45) is 7.08. The maximum atomic E-state index is 5.44. The Balaban J connectivity index is 1.44. The first kappa shape index (κ1) is 16.7. The first-order chi connectivity index (χ1) is 13.9. The Morgan fingerprint density at radius 2 is 1.71 bits per heavy atom. The van der Waals surface area contributed by atoms with Gasteiger partial charge in [0.05, 0.1) is 13.2 Å². The standard InChI is InChI=1S/C21H20N6O/c1-3-19(26-9-11-28-12-10-26)4-2-16(1)17-13-20-21(23-15-24-27(20)14-17)25-18-5-7-22-8-6-18/h1-8,13-15H,9-12H2,(H,22,23,24,25). The van der Waals surface area contributed by atoms with Crippen molar-refractivity contribution in [1.82, 2.24) is 19.6 Å². The minimum Gasteiger partial charge on any atom is -0.378 e. The van der Waals surface area contributed by atoms with Gasteiger partial charge in [0.15, 0.2) is 5.82 Å².